The van der Waals surface area contributed by atoms with Gasteiger partial charge in [-0.15, -0.1) is 10.2 Å². The van der Waals surface area contributed by atoms with Gasteiger partial charge in [-0.25, -0.2) is 0 Å². The monoisotopic (exact) mass is 361 g/mol. The zero-order valence-electron chi connectivity index (χ0n) is 15.2. The van der Waals surface area contributed by atoms with Crippen LogP contribution in [0.15, 0.2) is 48.7 Å². The average molecular weight is 361 g/mol. The maximum atomic E-state index is 12.4. The van der Waals surface area contributed by atoms with E-state index in [-0.39, 0.29) is 11.9 Å². The summed E-state index contributed by atoms with van der Waals surface area (Å²) in [6.45, 7) is 0. The van der Waals surface area contributed by atoms with Crippen LogP contribution in [0.2, 0.25) is 0 Å². The Morgan fingerprint density at radius 1 is 0.926 bits per heavy atom. The average Bonchev–Trinajstić information content (AvgIpc) is 2.97. The fourth-order valence-electron chi connectivity index (χ4n) is 3.55. The number of anilines is 2. The Bertz CT molecular complexity index is 912. The third-order valence-corrected chi connectivity index (χ3v) is 4.98. The van der Waals surface area contributed by atoms with Crippen molar-refractivity contribution in [1.29, 1.82) is 0 Å². The molecule has 1 aromatic carbocycles. The lowest BCUT2D eigenvalue weighted by atomic mass is 10.1. The van der Waals surface area contributed by atoms with Crippen molar-refractivity contribution >= 4 is 28.3 Å². The third-order valence-electron chi connectivity index (χ3n) is 4.98. The molecule has 1 aliphatic carbocycles. The number of rotatable bonds is 4. The second-order valence-corrected chi connectivity index (χ2v) is 6.97. The topological polar surface area (TPSA) is 79.8 Å². The van der Waals surface area contributed by atoms with Crippen LogP contribution in [0.3, 0.4) is 0 Å². The normalized spacial score (nSPS) is 15.3. The van der Waals surface area contributed by atoms with E-state index in [0.29, 0.717) is 11.5 Å². The largest absolute Gasteiger partial charge is 0.348 e. The minimum atomic E-state index is -0.146. The summed E-state index contributed by atoms with van der Waals surface area (Å²) < 4.78 is 0. The Labute approximate surface area is 158 Å². The molecule has 1 amide bonds. The van der Waals surface area contributed by atoms with E-state index in [4.69, 9.17) is 0 Å². The van der Waals surface area contributed by atoms with E-state index in [9.17, 15) is 4.79 Å². The first-order valence-corrected chi connectivity index (χ1v) is 9.55. The molecule has 0 spiro atoms. The zero-order valence-corrected chi connectivity index (χ0v) is 15.2. The molecule has 0 radical (unpaired) electrons. The fourth-order valence-corrected chi connectivity index (χ4v) is 3.55. The lowest BCUT2D eigenvalue weighted by Crippen LogP contribution is -2.35. The van der Waals surface area contributed by atoms with Crippen molar-refractivity contribution in [3.63, 3.8) is 0 Å². The predicted octanol–water partition coefficient (Wildman–Crippen LogP) is 4.22. The standard InChI is InChI=1S/C21H23N5O/c27-21(23-16-9-3-1-2-4-10-16)18-12-13-19(26-25-18)24-17-11-5-7-15-8-6-14-22-20(15)17/h5-8,11-14,16H,1-4,9-10H2,(H,23,27)(H,24,26). The van der Waals surface area contributed by atoms with Crippen LogP contribution in [0, 0.1) is 0 Å². The van der Waals surface area contributed by atoms with Crippen LogP contribution in [0.1, 0.15) is 49.0 Å². The quantitative estimate of drug-likeness (QED) is 0.680. The lowest BCUT2D eigenvalue weighted by molar-refractivity contribution is 0.0927. The molecule has 2 aromatic heterocycles. The van der Waals surface area contributed by atoms with Gasteiger partial charge in [0.25, 0.3) is 5.91 Å². The highest BCUT2D eigenvalue weighted by Crippen LogP contribution is 2.23. The molecule has 0 bridgehead atoms. The Balaban J connectivity index is 1.44. The van der Waals surface area contributed by atoms with E-state index in [0.717, 1.165) is 29.4 Å². The van der Waals surface area contributed by atoms with Gasteiger partial charge in [0.05, 0.1) is 11.2 Å². The summed E-state index contributed by atoms with van der Waals surface area (Å²) in [5.74, 6) is 0.437. The number of nitrogens with one attached hydrogen (secondary N) is 2. The first kappa shape index (κ1) is 17.4. The van der Waals surface area contributed by atoms with E-state index < -0.39 is 0 Å². The summed E-state index contributed by atoms with van der Waals surface area (Å²) >= 11 is 0. The summed E-state index contributed by atoms with van der Waals surface area (Å²) in [7, 11) is 0. The summed E-state index contributed by atoms with van der Waals surface area (Å²) in [6.07, 6.45) is 8.74. The first-order chi connectivity index (χ1) is 13.3. The molecule has 1 aliphatic rings. The van der Waals surface area contributed by atoms with Crippen molar-refractivity contribution in [3.8, 4) is 0 Å². The van der Waals surface area contributed by atoms with E-state index in [1.165, 1.54) is 25.7 Å². The van der Waals surface area contributed by atoms with E-state index in [1.807, 2.05) is 30.3 Å². The number of nitrogens with zero attached hydrogens (tertiary/aromatic N) is 3. The molecule has 2 N–H and O–H groups in total. The molecule has 27 heavy (non-hydrogen) atoms. The summed E-state index contributed by atoms with van der Waals surface area (Å²) in [5.41, 5.74) is 2.08. The molecule has 6 nitrogen and oxygen atoms in total. The Morgan fingerprint density at radius 2 is 1.74 bits per heavy atom. The van der Waals surface area contributed by atoms with E-state index in [1.54, 1.807) is 18.3 Å². The van der Waals surface area contributed by atoms with Crippen LogP contribution in [0.4, 0.5) is 11.5 Å². The number of aromatic nitrogens is 3. The van der Waals surface area contributed by atoms with Crippen molar-refractivity contribution in [2.24, 2.45) is 0 Å². The van der Waals surface area contributed by atoms with Gasteiger partial charge in [-0.1, -0.05) is 43.9 Å². The molecule has 0 aliphatic heterocycles. The van der Waals surface area contributed by atoms with Gasteiger partial charge in [-0.05, 0) is 37.1 Å². The highest BCUT2D eigenvalue weighted by molar-refractivity contribution is 5.93. The molecule has 0 atom stereocenters. The van der Waals surface area contributed by atoms with Gasteiger partial charge in [0.2, 0.25) is 0 Å². The Kier molecular flexibility index (Phi) is 5.23. The number of benzene rings is 1. The molecule has 4 rings (SSSR count). The van der Waals surface area contributed by atoms with Crippen LogP contribution < -0.4 is 10.6 Å². The SMILES string of the molecule is O=C(NC1CCCCCC1)c1ccc(Nc2cccc3cccnc23)nn1. The Hall–Kier alpha value is -3.02. The molecular weight excluding hydrogens is 338 g/mol. The molecule has 1 fully saturated rings. The number of carbonyl (C=O) groups is 1. The second kappa shape index (κ2) is 8.12. The molecule has 6 heteroatoms. The third kappa shape index (κ3) is 4.22. The zero-order chi connectivity index (χ0) is 18.5. The van der Waals surface area contributed by atoms with Crippen molar-refractivity contribution in [1.82, 2.24) is 20.5 Å². The Morgan fingerprint density at radius 3 is 2.52 bits per heavy atom. The smallest absolute Gasteiger partial charge is 0.272 e. The van der Waals surface area contributed by atoms with Crippen LogP contribution >= 0.6 is 0 Å². The van der Waals surface area contributed by atoms with Crippen LogP contribution in [0.25, 0.3) is 10.9 Å². The number of carbonyl (C=O) groups excluding carboxylic acids is 1. The van der Waals surface area contributed by atoms with Gasteiger partial charge >= 0.3 is 0 Å². The molecule has 3 aromatic rings. The molecule has 0 saturated heterocycles. The van der Waals surface area contributed by atoms with Gasteiger partial charge in [-0.2, -0.15) is 0 Å². The van der Waals surface area contributed by atoms with Gasteiger partial charge in [0.1, 0.15) is 0 Å². The number of amides is 1. The van der Waals surface area contributed by atoms with Crippen LogP contribution in [0.5, 0.6) is 0 Å². The fraction of sp³-hybridized carbons (Fsp3) is 0.333. The van der Waals surface area contributed by atoms with Crippen molar-refractivity contribution in [3.05, 3.63) is 54.4 Å². The molecule has 138 valence electrons. The summed E-state index contributed by atoms with van der Waals surface area (Å²) in [4.78, 5) is 16.8. The minimum Gasteiger partial charge on any atom is -0.348 e. The summed E-state index contributed by atoms with van der Waals surface area (Å²) in [6, 6.07) is 13.6. The number of fused-ring (bicyclic) bond motifs is 1. The van der Waals surface area contributed by atoms with E-state index >= 15 is 0 Å². The van der Waals surface area contributed by atoms with Crippen LogP contribution in [-0.4, -0.2) is 27.1 Å². The number of pyridine rings is 1. The van der Waals surface area contributed by atoms with Gasteiger partial charge < -0.3 is 10.6 Å². The highest BCUT2D eigenvalue weighted by atomic mass is 16.2. The first-order valence-electron chi connectivity index (χ1n) is 9.55. The second-order valence-electron chi connectivity index (χ2n) is 6.97. The molecular formula is C21H23N5O. The number of para-hydroxylation sites is 1. The van der Waals surface area contributed by atoms with Crippen molar-refractivity contribution < 1.29 is 4.79 Å². The minimum absolute atomic E-state index is 0.146. The highest BCUT2D eigenvalue weighted by Gasteiger charge is 2.17. The maximum Gasteiger partial charge on any atom is 0.272 e. The van der Waals surface area contributed by atoms with Crippen molar-refractivity contribution in [2.45, 2.75) is 44.6 Å². The van der Waals surface area contributed by atoms with E-state index in [2.05, 4.69) is 25.8 Å². The maximum absolute atomic E-state index is 12.4. The van der Waals surface area contributed by atoms with Gasteiger partial charge in [-0.3, -0.25) is 9.78 Å². The molecule has 1 saturated carbocycles. The number of hydrogen-bond donors (Lipinski definition) is 2. The van der Waals surface area contributed by atoms with Gasteiger partial charge in [0, 0.05) is 17.6 Å². The summed E-state index contributed by atoms with van der Waals surface area (Å²) in [5, 5.41) is 15.6. The molecule has 0 unspecified atom stereocenters. The lowest BCUT2D eigenvalue weighted by Gasteiger charge is -2.15. The molecule has 2 heterocycles. The number of hydrogen-bond acceptors (Lipinski definition) is 5. The van der Waals surface area contributed by atoms with Gasteiger partial charge in [0.15, 0.2) is 11.5 Å². The van der Waals surface area contributed by atoms with Crippen LogP contribution in [-0.2, 0) is 0 Å². The van der Waals surface area contributed by atoms with Crippen molar-refractivity contribution in [2.75, 3.05) is 5.32 Å². The predicted molar refractivity (Wildman–Crippen MR) is 106 cm³/mol.